The summed E-state index contributed by atoms with van der Waals surface area (Å²) in [6.07, 6.45) is 1.09. The van der Waals surface area contributed by atoms with Gasteiger partial charge in [0.05, 0.1) is 10.9 Å². The molecule has 2 aromatic rings. The maximum atomic E-state index is 12.7. The van der Waals surface area contributed by atoms with Gasteiger partial charge in [0.1, 0.15) is 12.4 Å². The summed E-state index contributed by atoms with van der Waals surface area (Å²) in [5.41, 5.74) is 1.69. The van der Waals surface area contributed by atoms with E-state index >= 15 is 0 Å². The van der Waals surface area contributed by atoms with Crippen LogP contribution in [0.3, 0.4) is 0 Å². The van der Waals surface area contributed by atoms with Gasteiger partial charge in [-0.05, 0) is 49.2 Å². The van der Waals surface area contributed by atoms with Gasteiger partial charge in [0, 0.05) is 18.7 Å². The summed E-state index contributed by atoms with van der Waals surface area (Å²) in [5, 5.41) is 0. The third-order valence-electron chi connectivity index (χ3n) is 4.46. The van der Waals surface area contributed by atoms with Crippen molar-refractivity contribution in [1.29, 1.82) is 0 Å². The predicted octanol–water partition coefficient (Wildman–Crippen LogP) is 2.73. The highest BCUT2D eigenvalue weighted by molar-refractivity contribution is 7.89. The zero-order chi connectivity index (χ0) is 19.4. The second-order valence-corrected chi connectivity index (χ2v) is 8.30. The fourth-order valence-corrected chi connectivity index (χ4v) is 4.38. The molecule has 144 valence electrons. The van der Waals surface area contributed by atoms with Crippen molar-refractivity contribution in [3.05, 3.63) is 54.1 Å². The first-order valence-electron chi connectivity index (χ1n) is 9.04. The maximum Gasteiger partial charge on any atom is 0.240 e. The van der Waals surface area contributed by atoms with Gasteiger partial charge in [-0.15, -0.1) is 0 Å². The number of ether oxygens (including phenoxy) is 1. The third kappa shape index (κ3) is 4.48. The van der Waals surface area contributed by atoms with E-state index in [1.165, 1.54) is 0 Å². The molecule has 0 unspecified atom stereocenters. The Labute approximate surface area is 160 Å². The van der Waals surface area contributed by atoms with Crippen molar-refractivity contribution in [1.82, 2.24) is 4.72 Å². The molecule has 6 nitrogen and oxygen atoms in total. The van der Waals surface area contributed by atoms with Crippen LogP contribution in [-0.2, 0) is 21.2 Å². The van der Waals surface area contributed by atoms with E-state index in [0.29, 0.717) is 25.1 Å². The molecule has 27 heavy (non-hydrogen) atoms. The predicted molar refractivity (Wildman–Crippen MR) is 105 cm³/mol. The number of nitrogens with zero attached hydrogens (tertiary/aromatic N) is 1. The Kier molecular flexibility index (Phi) is 5.82. The molecule has 7 heteroatoms. The summed E-state index contributed by atoms with van der Waals surface area (Å²) in [6, 6.07) is 13.8. The minimum absolute atomic E-state index is 0.0502. The first-order valence-corrected chi connectivity index (χ1v) is 10.5. The topological polar surface area (TPSA) is 75.7 Å². The van der Waals surface area contributed by atoms with Crippen LogP contribution in [0.25, 0.3) is 0 Å². The summed E-state index contributed by atoms with van der Waals surface area (Å²) in [4.78, 5) is 13.9. The van der Waals surface area contributed by atoms with Crippen molar-refractivity contribution >= 4 is 21.6 Å². The largest absolute Gasteiger partial charge is 0.492 e. The van der Waals surface area contributed by atoms with Gasteiger partial charge in [0.25, 0.3) is 0 Å². The maximum absolute atomic E-state index is 12.7. The van der Waals surface area contributed by atoms with E-state index in [4.69, 9.17) is 4.74 Å². The number of anilines is 1. The minimum atomic E-state index is -3.66. The molecule has 0 radical (unpaired) electrons. The van der Waals surface area contributed by atoms with Gasteiger partial charge in [0.15, 0.2) is 0 Å². The number of rotatable bonds is 7. The lowest BCUT2D eigenvalue weighted by atomic mass is 10.2. The SMILES string of the molecule is CCC(=O)N1CCc2cc(S(=O)(=O)N[C@H](C)COc3ccccc3)ccc21. The van der Waals surface area contributed by atoms with E-state index < -0.39 is 10.0 Å². The number of hydrogen-bond acceptors (Lipinski definition) is 4. The van der Waals surface area contributed by atoms with Crippen LogP contribution in [0.2, 0.25) is 0 Å². The van der Waals surface area contributed by atoms with E-state index in [2.05, 4.69) is 4.72 Å². The second-order valence-electron chi connectivity index (χ2n) is 6.59. The van der Waals surface area contributed by atoms with E-state index in [1.54, 1.807) is 30.0 Å². The van der Waals surface area contributed by atoms with Crippen molar-refractivity contribution in [2.24, 2.45) is 0 Å². The lowest BCUT2D eigenvalue weighted by Crippen LogP contribution is -2.36. The van der Waals surface area contributed by atoms with Gasteiger partial charge in [-0.25, -0.2) is 13.1 Å². The van der Waals surface area contributed by atoms with Gasteiger partial charge >= 0.3 is 0 Å². The monoisotopic (exact) mass is 388 g/mol. The van der Waals surface area contributed by atoms with Crippen LogP contribution in [0.5, 0.6) is 5.75 Å². The molecule has 2 aromatic carbocycles. The van der Waals surface area contributed by atoms with Gasteiger partial charge in [-0.3, -0.25) is 4.79 Å². The highest BCUT2D eigenvalue weighted by Crippen LogP contribution is 2.30. The van der Waals surface area contributed by atoms with Gasteiger partial charge in [0.2, 0.25) is 15.9 Å². The first kappa shape index (κ1) is 19.4. The van der Waals surface area contributed by atoms with E-state index in [9.17, 15) is 13.2 Å². The van der Waals surface area contributed by atoms with Gasteiger partial charge in [-0.1, -0.05) is 25.1 Å². The van der Waals surface area contributed by atoms with Crippen molar-refractivity contribution in [3.63, 3.8) is 0 Å². The van der Waals surface area contributed by atoms with Crippen LogP contribution in [0.4, 0.5) is 5.69 Å². The highest BCUT2D eigenvalue weighted by atomic mass is 32.2. The lowest BCUT2D eigenvalue weighted by molar-refractivity contribution is -0.118. The van der Waals surface area contributed by atoms with Crippen molar-refractivity contribution in [3.8, 4) is 5.75 Å². The molecule has 1 atom stereocenters. The zero-order valence-electron chi connectivity index (χ0n) is 15.5. The number of carbonyl (C=O) groups excluding carboxylic acids is 1. The van der Waals surface area contributed by atoms with Crippen molar-refractivity contribution in [2.45, 2.75) is 37.6 Å². The van der Waals surface area contributed by atoms with Crippen LogP contribution < -0.4 is 14.4 Å². The van der Waals surface area contributed by atoms with Crippen LogP contribution >= 0.6 is 0 Å². The molecule has 1 aliphatic rings. The van der Waals surface area contributed by atoms with Crippen molar-refractivity contribution in [2.75, 3.05) is 18.1 Å². The van der Waals surface area contributed by atoms with E-state index in [0.717, 1.165) is 11.3 Å². The number of amides is 1. The van der Waals surface area contributed by atoms with Crippen LogP contribution in [0.1, 0.15) is 25.8 Å². The number of fused-ring (bicyclic) bond motifs is 1. The number of sulfonamides is 1. The highest BCUT2D eigenvalue weighted by Gasteiger charge is 2.26. The van der Waals surface area contributed by atoms with Crippen LogP contribution in [0, 0.1) is 0 Å². The first-order chi connectivity index (χ1) is 12.9. The molecule has 1 aliphatic heterocycles. The number of hydrogen-bond donors (Lipinski definition) is 1. The Balaban J connectivity index is 1.67. The number of para-hydroxylation sites is 1. The van der Waals surface area contributed by atoms with E-state index in [-0.39, 0.29) is 23.5 Å². The molecule has 0 aromatic heterocycles. The molecule has 0 bridgehead atoms. The molecular formula is C20H24N2O4S. The lowest BCUT2D eigenvalue weighted by Gasteiger charge is -2.18. The molecule has 1 amide bonds. The molecule has 0 spiro atoms. The summed E-state index contributed by atoms with van der Waals surface area (Å²) in [6.45, 7) is 4.41. The molecular weight excluding hydrogens is 364 g/mol. The van der Waals surface area contributed by atoms with Crippen molar-refractivity contribution < 1.29 is 17.9 Å². The Morgan fingerprint density at radius 3 is 2.67 bits per heavy atom. The summed E-state index contributed by atoms with van der Waals surface area (Å²) in [7, 11) is -3.66. The number of benzene rings is 2. The molecule has 0 fully saturated rings. The minimum Gasteiger partial charge on any atom is -0.492 e. The molecule has 0 saturated carbocycles. The molecule has 0 saturated heterocycles. The van der Waals surface area contributed by atoms with Crippen LogP contribution in [-0.4, -0.2) is 33.5 Å². The van der Waals surface area contributed by atoms with E-state index in [1.807, 2.05) is 37.3 Å². The average molecular weight is 388 g/mol. The third-order valence-corrected chi connectivity index (χ3v) is 6.05. The molecule has 1 heterocycles. The fourth-order valence-electron chi connectivity index (χ4n) is 3.10. The molecule has 0 aliphatic carbocycles. The normalized spacial score (nSPS) is 14.7. The molecule has 3 rings (SSSR count). The van der Waals surface area contributed by atoms with Gasteiger partial charge < -0.3 is 9.64 Å². The Morgan fingerprint density at radius 2 is 1.96 bits per heavy atom. The number of nitrogens with one attached hydrogen (secondary N) is 1. The fraction of sp³-hybridized carbons (Fsp3) is 0.350. The second kappa shape index (κ2) is 8.10. The quantitative estimate of drug-likeness (QED) is 0.791. The standard InChI is InChI=1S/C20H24N2O4S/c1-3-20(23)22-12-11-16-13-18(9-10-19(16)22)27(24,25)21-15(2)14-26-17-7-5-4-6-8-17/h4-10,13,15,21H,3,11-12,14H2,1-2H3/t15-/m1/s1. The Hall–Kier alpha value is -2.38. The summed E-state index contributed by atoms with van der Waals surface area (Å²) < 4.78 is 33.6. The molecule has 1 N–H and O–H groups in total. The van der Waals surface area contributed by atoms with Crippen LogP contribution in [0.15, 0.2) is 53.4 Å². The smallest absolute Gasteiger partial charge is 0.240 e. The Bertz CT molecular complexity index is 913. The average Bonchev–Trinajstić information content (AvgIpc) is 3.09. The summed E-state index contributed by atoms with van der Waals surface area (Å²) in [5.74, 6) is 0.746. The Morgan fingerprint density at radius 1 is 1.22 bits per heavy atom. The number of carbonyl (C=O) groups is 1. The van der Waals surface area contributed by atoms with Gasteiger partial charge in [-0.2, -0.15) is 0 Å². The summed E-state index contributed by atoms with van der Waals surface area (Å²) >= 11 is 0. The zero-order valence-corrected chi connectivity index (χ0v) is 16.3.